The van der Waals surface area contributed by atoms with Crippen molar-refractivity contribution in [2.45, 2.75) is 70.4 Å². The zero-order valence-corrected chi connectivity index (χ0v) is 21.5. The number of nitrogens with zero attached hydrogens (tertiary/aromatic N) is 2. The summed E-state index contributed by atoms with van der Waals surface area (Å²) < 4.78 is 0. The number of amides is 4. The molecule has 1 aliphatic heterocycles. The van der Waals surface area contributed by atoms with Gasteiger partial charge in [-0.15, -0.1) is 0 Å². The van der Waals surface area contributed by atoms with Crippen molar-refractivity contribution in [1.82, 2.24) is 15.5 Å². The molecule has 2 atom stereocenters. The number of carbonyl (C=O) groups is 3. The van der Waals surface area contributed by atoms with Crippen molar-refractivity contribution >= 4 is 23.5 Å². The lowest BCUT2D eigenvalue weighted by atomic mass is 9.89. The Kier molecular flexibility index (Phi) is 8.44. The molecule has 0 bridgehead atoms. The summed E-state index contributed by atoms with van der Waals surface area (Å²) in [5.74, 6) is 0.235. The summed E-state index contributed by atoms with van der Waals surface area (Å²) in [7, 11) is 0. The Bertz CT molecular complexity index is 1180. The normalized spacial score (nSPS) is 20.0. The molecule has 37 heavy (non-hydrogen) atoms. The van der Waals surface area contributed by atoms with Gasteiger partial charge >= 0.3 is 6.03 Å². The highest BCUT2D eigenvalue weighted by Gasteiger charge is 2.28. The predicted octanol–water partition coefficient (Wildman–Crippen LogP) is 4.46. The molecule has 2 aliphatic rings. The topological polar surface area (TPSA) is 114 Å². The Hall–Kier alpha value is -3.86. The van der Waals surface area contributed by atoms with Crippen LogP contribution in [0.4, 0.5) is 10.5 Å². The van der Waals surface area contributed by atoms with E-state index in [0.29, 0.717) is 35.8 Å². The highest BCUT2D eigenvalue weighted by molar-refractivity contribution is 5.97. The molecule has 194 valence electrons. The van der Waals surface area contributed by atoms with Gasteiger partial charge in [-0.1, -0.05) is 31.0 Å². The molecule has 0 unspecified atom stereocenters. The maximum absolute atomic E-state index is 13.3. The van der Waals surface area contributed by atoms with Crippen LogP contribution < -0.4 is 16.0 Å². The molecular formula is C29H35N5O3. The van der Waals surface area contributed by atoms with E-state index >= 15 is 0 Å². The lowest BCUT2D eigenvalue weighted by Crippen LogP contribution is -2.53. The molecule has 3 N–H and O–H groups in total. The average molecular weight is 502 g/mol. The molecule has 1 heterocycles. The largest absolute Gasteiger partial charge is 0.352 e. The van der Waals surface area contributed by atoms with E-state index in [9.17, 15) is 14.4 Å². The maximum Gasteiger partial charge on any atom is 0.319 e. The average Bonchev–Trinajstić information content (AvgIpc) is 2.90. The zero-order chi connectivity index (χ0) is 26.4. The summed E-state index contributed by atoms with van der Waals surface area (Å²) in [5, 5.41) is 17.9. The molecule has 2 aromatic carbocycles. The van der Waals surface area contributed by atoms with Crippen LogP contribution in [0.5, 0.6) is 0 Å². The number of piperidine rings is 1. The summed E-state index contributed by atoms with van der Waals surface area (Å²) in [6, 6.07) is 14.7. The van der Waals surface area contributed by atoms with Crippen molar-refractivity contribution < 1.29 is 14.4 Å². The lowest BCUT2D eigenvalue weighted by Gasteiger charge is -2.33. The van der Waals surface area contributed by atoms with E-state index in [0.717, 1.165) is 44.1 Å². The van der Waals surface area contributed by atoms with Gasteiger partial charge in [0.1, 0.15) is 0 Å². The highest BCUT2D eigenvalue weighted by Crippen LogP contribution is 2.29. The smallest absolute Gasteiger partial charge is 0.319 e. The van der Waals surface area contributed by atoms with Crippen molar-refractivity contribution in [3.8, 4) is 6.07 Å². The van der Waals surface area contributed by atoms with Gasteiger partial charge in [-0.05, 0) is 73.9 Å². The first-order valence-electron chi connectivity index (χ1n) is 13.1. The van der Waals surface area contributed by atoms with Crippen molar-refractivity contribution in [3.05, 3.63) is 64.7 Å². The molecule has 0 spiro atoms. The lowest BCUT2D eigenvalue weighted by molar-refractivity contribution is -0.120. The van der Waals surface area contributed by atoms with Crippen LogP contribution in [0.3, 0.4) is 0 Å². The third kappa shape index (κ3) is 6.67. The molecule has 1 saturated carbocycles. The number of benzene rings is 2. The van der Waals surface area contributed by atoms with E-state index in [1.165, 1.54) is 12.5 Å². The maximum atomic E-state index is 13.3. The first-order chi connectivity index (χ1) is 17.8. The van der Waals surface area contributed by atoms with Gasteiger partial charge in [-0.3, -0.25) is 9.59 Å². The molecule has 1 aliphatic carbocycles. The molecule has 8 nitrogen and oxygen atoms in total. The fourth-order valence-corrected chi connectivity index (χ4v) is 5.38. The Morgan fingerprint density at radius 2 is 1.57 bits per heavy atom. The number of likely N-dealkylation sites (tertiary alicyclic amines) is 1. The highest BCUT2D eigenvalue weighted by atomic mass is 16.2. The molecule has 4 rings (SSSR count). The second kappa shape index (κ2) is 11.9. The Morgan fingerprint density at radius 1 is 0.919 bits per heavy atom. The Labute approximate surface area is 218 Å². The number of rotatable bonds is 5. The fraction of sp³-hybridized carbons (Fsp3) is 0.448. The van der Waals surface area contributed by atoms with E-state index in [1.807, 2.05) is 42.2 Å². The van der Waals surface area contributed by atoms with Gasteiger partial charge in [0, 0.05) is 37.3 Å². The van der Waals surface area contributed by atoms with Crippen molar-refractivity contribution in [3.63, 3.8) is 0 Å². The van der Waals surface area contributed by atoms with E-state index in [4.69, 9.17) is 5.26 Å². The van der Waals surface area contributed by atoms with Crippen LogP contribution >= 0.6 is 0 Å². The van der Waals surface area contributed by atoms with Crippen LogP contribution in [-0.4, -0.2) is 47.9 Å². The van der Waals surface area contributed by atoms with Gasteiger partial charge < -0.3 is 20.9 Å². The standard InChI is InChI=1S/C29H35N5O3/c1-19-7-10-24(17-27(19)33-29(37)32-26-6-4-3-5-25(26)31-20(2)35)28(36)34-15-13-23(14-16-34)22-11-8-21(18-30)9-12-22/h7-12,17,23,25-26H,3-6,13-16H2,1-2H3,(H,31,35)(H2,32,33,37)/t25-,26-/m0/s1. The molecule has 0 radical (unpaired) electrons. The van der Waals surface area contributed by atoms with Gasteiger partial charge in [0.2, 0.25) is 5.91 Å². The van der Waals surface area contributed by atoms with E-state index in [1.54, 1.807) is 12.1 Å². The van der Waals surface area contributed by atoms with E-state index < -0.39 is 0 Å². The molecule has 4 amide bonds. The van der Waals surface area contributed by atoms with E-state index in [2.05, 4.69) is 22.0 Å². The quantitative estimate of drug-likeness (QED) is 0.561. The summed E-state index contributed by atoms with van der Waals surface area (Å²) in [6.45, 7) is 4.71. The number of aryl methyl sites for hydroxylation is 1. The number of urea groups is 1. The molecular weight excluding hydrogens is 466 g/mol. The predicted molar refractivity (Wildman–Crippen MR) is 142 cm³/mol. The number of carbonyl (C=O) groups excluding carboxylic acids is 3. The van der Waals surface area contributed by atoms with Crippen LogP contribution in [0, 0.1) is 18.3 Å². The zero-order valence-electron chi connectivity index (χ0n) is 21.5. The Morgan fingerprint density at radius 3 is 2.19 bits per heavy atom. The second-order valence-corrected chi connectivity index (χ2v) is 10.1. The number of nitriles is 1. The molecule has 8 heteroatoms. The summed E-state index contributed by atoms with van der Waals surface area (Å²) >= 11 is 0. The minimum atomic E-state index is -0.335. The van der Waals surface area contributed by atoms with Gasteiger partial charge in [-0.25, -0.2) is 4.79 Å². The number of hydrogen-bond acceptors (Lipinski definition) is 4. The third-order valence-electron chi connectivity index (χ3n) is 7.50. The van der Waals surface area contributed by atoms with Gasteiger partial charge in [-0.2, -0.15) is 5.26 Å². The Balaban J connectivity index is 1.35. The van der Waals surface area contributed by atoms with Gasteiger partial charge in [0.05, 0.1) is 17.7 Å². The molecule has 0 aromatic heterocycles. The van der Waals surface area contributed by atoms with Gasteiger partial charge in [0.25, 0.3) is 5.91 Å². The minimum Gasteiger partial charge on any atom is -0.352 e. The van der Waals surface area contributed by atoms with Crippen molar-refractivity contribution in [1.29, 1.82) is 5.26 Å². The van der Waals surface area contributed by atoms with Gasteiger partial charge in [0.15, 0.2) is 0 Å². The minimum absolute atomic E-state index is 0.0419. The van der Waals surface area contributed by atoms with Crippen molar-refractivity contribution in [2.75, 3.05) is 18.4 Å². The van der Waals surface area contributed by atoms with Crippen LogP contribution in [0.15, 0.2) is 42.5 Å². The summed E-state index contributed by atoms with van der Waals surface area (Å²) in [6.07, 6.45) is 5.43. The van der Waals surface area contributed by atoms with E-state index in [-0.39, 0.29) is 29.9 Å². The fourth-order valence-electron chi connectivity index (χ4n) is 5.38. The summed E-state index contributed by atoms with van der Waals surface area (Å²) in [5.41, 5.74) is 3.88. The third-order valence-corrected chi connectivity index (χ3v) is 7.50. The molecule has 2 aromatic rings. The van der Waals surface area contributed by atoms with Crippen LogP contribution in [-0.2, 0) is 4.79 Å². The summed E-state index contributed by atoms with van der Waals surface area (Å²) in [4.78, 5) is 39.5. The number of anilines is 1. The van der Waals surface area contributed by atoms with Crippen LogP contribution in [0.25, 0.3) is 0 Å². The number of nitrogens with one attached hydrogen (secondary N) is 3. The molecule has 2 fully saturated rings. The number of hydrogen-bond donors (Lipinski definition) is 3. The van der Waals surface area contributed by atoms with Crippen LogP contribution in [0.2, 0.25) is 0 Å². The first kappa shape index (κ1) is 26.2. The van der Waals surface area contributed by atoms with Crippen molar-refractivity contribution in [2.24, 2.45) is 0 Å². The van der Waals surface area contributed by atoms with Crippen LogP contribution in [0.1, 0.15) is 78.4 Å². The molecule has 1 saturated heterocycles. The first-order valence-corrected chi connectivity index (χ1v) is 13.1. The monoisotopic (exact) mass is 501 g/mol. The second-order valence-electron chi connectivity index (χ2n) is 10.1. The SMILES string of the molecule is CC(=O)N[C@H]1CCCC[C@@H]1NC(=O)Nc1cc(C(=O)N2CCC(c3ccc(C#N)cc3)CC2)ccc1C.